The molecule has 0 aliphatic rings. The monoisotopic (exact) mass is 296 g/mol. The zero-order chi connectivity index (χ0) is 14.5. The molecule has 2 aromatic rings. The predicted octanol–water partition coefficient (Wildman–Crippen LogP) is 1.57. The number of hydrogen-bond acceptors (Lipinski definition) is 6. The van der Waals surface area contributed by atoms with Crippen LogP contribution in [-0.2, 0) is 4.74 Å². The highest BCUT2D eigenvalue weighted by atomic mass is 35.5. The second-order valence-corrected chi connectivity index (χ2v) is 4.58. The minimum Gasteiger partial charge on any atom is -0.383 e. The van der Waals surface area contributed by atoms with Gasteiger partial charge in [-0.25, -0.2) is 4.68 Å². The van der Waals surface area contributed by atoms with E-state index in [1.807, 2.05) is 18.7 Å². The van der Waals surface area contributed by atoms with Crippen LogP contribution < -0.4 is 4.90 Å². The fraction of sp³-hybridized carbons (Fsp3) is 0.500. The van der Waals surface area contributed by atoms with E-state index in [1.165, 1.54) is 0 Å². The lowest BCUT2D eigenvalue weighted by molar-refractivity contribution is 0.181. The first kappa shape index (κ1) is 14.7. The summed E-state index contributed by atoms with van der Waals surface area (Å²) in [6.07, 6.45) is 3.41. The first-order valence-corrected chi connectivity index (χ1v) is 6.70. The van der Waals surface area contributed by atoms with Gasteiger partial charge in [-0.1, -0.05) is 0 Å². The zero-order valence-corrected chi connectivity index (χ0v) is 12.4. The summed E-state index contributed by atoms with van der Waals surface area (Å²) in [5.41, 5.74) is 0. The Labute approximate surface area is 122 Å². The Hall–Kier alpha value is -1.73. The van der Waals surface area contributed by atoms with Gasteiger partial charge in [-0.3, -0.25) is 0 Å². The van der Waals surface area contributed by atoms with Crippen molar-refractivity contribution >= 4 is 17.5 Å². The predicted molar refractivity (Wildman–Crippen MR) is 76.3 cm³/mol. The quantitative estimate of drug-likeness (QED) is 0.806. The molecule has 2 rings (SSSR count). The van der Waals surface area contributed by atoms with Gasteiger partial charge in [0.25, 0.3) is 5.95 Å². The molecule has 0 amide bonds. The van der Waals surface area contributed by atoms with Crippen LogP contribution in [0.5, 0.6) is 0 Å². The number of methoxy groups -OCH3 is 1. The van der Waals surface area contributed by atoms with Crippen LogP contribution in [-0.4, -0.2) is 51.0 Å². The van der Waals surface area contributed by atoms with Crippen molar-refractivity contribution in [2.24, 2.45) is 0 Å². The summed E-state index contributed by atoms with van der Waals surface area (Å²) in [7, 11) is 1.67. The van der Waals surface area contributed by atoms with E-state index < -0.39 is 0 Å². The topological polar surface area (TPSA) is 69.0 Å². The molecule has 0 saturated carbocycles. The van der Waals surface area contributed by atoms with E-state index in [2.05, 4.69) is 20.1 Å². The highest BCUT2D eigenvalue weighted by Crippen LogP contribution is 2.15. The summed E-state index contributed by atoms with van der Waals surface area (Å²) < 4.78 is 6.72. The van der Waals surface area contributed by atoms with Crippen molar-refractivity contribution < 1.29 is 4.74 Å². The molecule has 8 heteroatoms. The maximum Gasteiger partial charge on any atom is 0.256 e. The highest BCUT2D eigenvalue weighted by molar-refractivity contribution is 6.28. The molecule has 0 aliphatic carbocycles. The van der Waals surface area contributed by atoms with Crippen molar-refractivity contribution in [3.8, 4) is 5.95 Å². The summed E-state index contributed by atoms with van der Waals surface area (Å²) in [4.78, 5) is 14.7. The number of aromatic nitrogens is 5. The lowest BCUT2D eigenvalue weighted by Crippen LogP contribution is -2.37. The van der Waals surface area contributed by atoms with Crippen LogP contribution in [0.1, 0.15) is 13.8 Å². The maximum atomic E-state index is 5.99. The summed E-state index contributed by atoms with van der Waals surface area (Å²) in [5, 5.41) is 4.24. The lowest BCUT2D eigenvalue weighted by atomic mass is 10.3. The molecular formula is C12H17ClN6O. The second-order valence-electron chi connectivity index (χ2n) is 4.25. The van der Waals surface area contributed by atoms with Crippen molar-refractivity contribution in [2.75, 3.05) is 25.2 Å². The molecule has 2 heterocycles. The van der Waals surface area contributed by atoms with Gasteiger partial charge < -0.3 is 9.64 Å². The van der Waals surface area contributed by atoms with E-state index in [0.717, 1.165) is 6.54 Å². The van der Waals surface area contributed by atoms with E-state index >= 15 is 0 Å². The molecule has 0 aliphatic heterocycles. The Morgan fingerprint density at radius 3 is 2.80 bits per heavy atom. The minimum absolute atomic E-state index is 0.133. The molecule has 7 nitrogen and oxygen atoms in total. The second kappa shape index (κ2) is 6.62. The number of likely N-dealkylation sites (N-methyl/N-ethyl adjacent to an activating group) is 1. The van der Waals surface area contributed by atoms with Gasteiger partial charge in [0.05, 0.1) is 12.6 Å². The van der Waals surface area contributed by atoms with Crippen LogP contribution in [0, 0.1) is 0 Å². The summed E-state index contributed by atoms with van der Waals surface area (Å²) in [6.45, 7) is 5.38. The van der Waals surface area contributed by atoms with Gasteiger partial charge in [0.2, 0.25) is 11.2 Å². The Kier molecular flexibility index (Phi) is 4.86. The van der Waals surface area contributed by atoms with Crippen LogP contribution >= 0.6 is 11.6 Å². The third-order valence-electron chi connectivity index (χ3n) is 2.83. The van der Waals surface area contributed by atoms with Crippen LogP contribution in [0.15, 0.2) is 18.5 Å². The van der Waals surface area contributed by atoms with Crippen LogP contribution in [0.2, 0.25) is 5.28 Å². The van der Waals surface area contributed by atoms with Gasteiger partial charge in [-0.15, -0.1) is 0 Å². The summed E-state index contributed by atoms with van der Waals surface area (Å²) >= 11 is 5.99. The Bertz CT molecular complexity index is 547. The Morgan fingerprint density at radius 1 is 1.40 bits per heavy atom. The molecule has 1 unspecified atom stereocenters. The fourth-order valence-electron chi connectivity index (χ4n) is 1.93. The Morgan fingerprint density at radius 2 is 2.20 bits per heavy atom. The van der Waals surface area contributed by atoms with Crippen LogP contribution in [0.4, 0.5) is 5.95 Å². The van der Waals surface area contributed by atoms with Gasteiger partial charge in [-0.2, -0.15) is 20.1 Å². The molecule has 108 valence electrons. The van der Waals surface area contributed by atoms with E-state index in [-0.39, 0.29) is 11.3 Å². The molecule has 0 fully saturated rings. The van der Waals surface area contributed by atoms with Gasteiger partial charge in [0.15, 0.2) is 0 Å². The Balaban J connectivity index is 2.35. The standard InChI is InChI=1S/C12H17ClN6O/c1-4-18(9(2)8-20-3)11-15-10(13)16-12(17-11)19-7-5-6-14-19/h5-7,9H,4,8H2,1-3H3. The van der Waals surface area contributed by atoms with Crippen LogP contribution in [0.3, 0.4) is 0 Å². The fourth-order valence-corrected chi connectivity index (χ4v) is 2.08. The molecule has 20 heavy (non-hydrogen) atoms. The van der Waals surface area contributed by atoms with Crippen molar-refractivity contribution in [2.45, 2.75) is 19.9 Å². The molecule has 0 bridgehead atoms. The molecule has 1 atom stereocenters. The van der Waals surface area contributed by atoms with E-state index in [9.17, 15) is 0 Å². The lowest BCUT2D eigenvalue weighted by Gasteiger charge is -2.27. The number of halogens is 1. The molecule has 0 radical (unpaired) electrons. The molecular weight excluding hydrogens is 280 g/mol. The maximum absolute atomic E-state index is 5.99. The van der Waals surface area contributed by atoms with E-state index in [4.69, 9.17) is 16.3 Å². The van der Waals surface area contributed by atoms with Crippen LogP contribution in [0.25, 0.3) is 5.95 Å². The summed E-state index contributed by atoms with van der Waals surface area (Å²) in [6, 6.07) is 1.93. The number of nitrogens with zero attached hydrogens (tertiary/aromatic N) is 6. The van der Waals surface area contributed by atoms with Gasteiger partial charge in [0, 0.05) is 26.0 Å². The van der Waals surface area contributed by atoms with Crippen molar-refractivity contribution in [1.29, 1.82) is 0 Å². The third kappa shape index (κ3) is 3.23. The zero-order valence-electron chi connectivity index (χ0n) is 11.7. The number of ether oxygens (including phenoxy) is 1. The third-order valence-corrected chi connectivity index (χ3v) is 3.00. The molecule has 0 N–H and O–H groups in total. The molecule has 0 spiro atoms. The van der Waals surface area contributed by atoms with E-state index in [0.29, 0.717) is 18.5 Å². The molecule has 0 aromatic carbocycles. The normalized spacial score (nSPS) is 12.4. The van der Waals surface area contributed by atoms with Crippen molar-refractivity contribution in [1.82, 2.24) is 24.7 Å². The summed E-state index contributed by atoms with van der Waals surface area (Å²) in [5.74, 6) is 0.913. The van der Waals surface area contributed by atoms with Gasteiger partial charge >= 0.3 is 0 Å². The van der Waals surface area contributed by atoms with E-state index in [1.54, 1.807) is 30.3 Å². The largest absolute Gasteiger partial charge is 0.383 e. The first-order valence-electron chi connectivity index (χ1n) is 6.32. The smallest absolute Gasteiger partial charge is 0.256 e. The van der Waals surface area contributed by atoms with Crippen molar-refractivity contribution in [3.05, 3.63) is 23.7 Å². The average molecular weight is 297 g/mol. The highest BCUT2D eigenvalue weighted by Gasteiger charge is 2.18. The van der Waals surface area contributed by atoms with Crippen molar-refractivity contribution in [3.63, 3.8) is 0 Å². The number of anilines is 1. The molecule has 0 saturated heterocycles. The number of rotatable bonds is 6. The SMILES string of the molecule is CCN(c1nc(Cl)nc(-n2cccn2)n1)C(C)COC. The molecule has 2 aromatic heterocycles. The van der Waals surface area contributed by atoms with Gasteiger partial charge in [0.1, 0.15) is 0 Å². The first-order chi connectivity index (χ1) is 9.65. The van der Waals surface area contributed by atoms with Gasteiger partial charge in [-0.05, 0) is 31.5 Å². The minimum atomic E-state index is 0.133. The average Bonchev–Trinajstić information content (AvgIpc) is 2.93. The number of hydrogen-bond donors (Lipinski definition) is 0.